The van der Waals surface area contributed by atoms with E-state index in [2.05, 4.69) is 34.7 Å². The molecule has 0 fully saturated rings. The quantitative estimate of drug-likeness (QED) is 0.456. The molecule has 0 saturated carbocycles. The Bertz CT molecular complexity index is 731. The van der Waals surface area contributed by atoms with Gasteiger partial charge in [-0.3, -0.25) is 9.59 Å². The average molecular weight is 646 g/mol. The topological polar surface area (TPSA) is 127 Å². The van der Waals surface area contributed by atoms with Gasteiger partial charge >= 0.3 is 96.1 Å². The molecule has 0 aliphatic carbocycles. The van der Waals surface area contributed by atoms with Crippen LogP contribution >= 0.6 is 43.2 Å². The summed E-state index contributed by atoms with van der Waals surface area (Å²) < 4.78 is 12.1. The third-order valence-corrected chi connectivity index (χ3v) is 6.50. The Labute approximate surface area is 197 Å². The van der Waals surface area contributed by atoms with E-state index in [0.29, 0.717) is 0 Å². The van der Waals surface area contributed by atoms with E-state index in [1.807, 2.05) is 36.4 Å². The molecule has 2 aromatic carbocycles. The van der Waals surface area contributed by atoms with Gasteiger partial charge in [-0.25, -0.2) is 0 Å². The molecular weight excluding hydrogens is 622 g/mol. The average Bonchev–Trinajstić information content (AvgIpc) is 2.61. The molecule has 0 unspecified atom stereocenters. The summed E-state index contributed by atoms with van der Waals surface area (Å²) in [6.45, 7) is 4.77. The Morgan fingerprint density at radius 1 is 0.700 bits per heavy atom. The molecule has 2 rings (SSSR count). The zero-order chi connectivity index (χ0) is 23.5. The summed E-state index contributed by atoms with van der Waals surface area (Å²) in [5, 5.41) is 14.8. The summed E-state index contributed by atoms with van der Waals surface area (Å²) in [4.78, 5) is 39.7. The van der Waals surface area contributed by atoms with Crippen LogP contribution < -0.4 is 0 Å². The van der Waals surface area contributed by atoms with E-state index < -0.39 is 44.5 Å². The first-order chi connectivity index (χ1) is 14.0. The molecule has 0 amide bonds. The second-order valence-corrected chi connectivity index (χ2v) is 9.60. The maximum Gasteiger partial charge on any atom is 0.0130 e. The summed E-state index contributed by atoms with van der Waals surface area (Å²) in [5.41, 5.74) is 0. The minimum atomic E-state index is -2.59. The second-order valence-electron chi connectivity index (χ2n) is 4.98. The molecule has 2 aromatic rings. The number of benzene rings is 2. The number of aliphatic carboxylic acids is 2. The maximum atomic E-state index is 10.8. The number of carboxylic acid groups (broad SMARTS) is 2. The number of carbonyl (C=O) groups is 4. The predicted octanol–water partition coefficient (Wildman–Crippen LogP) is 4.79. The van der Waals surface area contributed by atoms with Gasteiger partial charge < -0.3 is 10.2 Å². The van der Waals surface area contributed by atoms with Gasteiger partial charge in [0, 0.05) is 17.4 Å². The number of carbonyl (C=O) groups excluding carboxylic acids is 2. The molecular formula is C20H24I2O8. The van der Waals surface area contributed by atoms with Crippen molar-refractivity contribution in [2.45, 2.75) is 27.7 Å². The third kappa shape index (κ3) is 23.8. The van der Waals surface area contributed by atoms with Gasteiger partial charge in [0.25, 0.3) is 11.9 Å². The van der Waals surface area contributed by atoms with E-state index >= 15 is 0 Å². The largest absolute Gasteiger partial charge is 0.0622 e. The number of halogens is 2. The Hall–Kier alpha value is -2.22. The molecule has 30 heavy (non-hydrogen) atoms. The fourth-order valence-corrected chi connectivity index (χ4v) is 4.38. The summed E-state index contributed by atoms with van der Waals surface area (Å²) in [6, 6.07) is 19.3. The molecule has 0 atom stereocenters. The predicted molar refractivity (Wildman–Crippen MR) is 128 cm³/mol. The standard InChI is InChI=1S/C10H11IO4.C6H5I.2C2H4O2/c1-8(12)14-11(15-9(2)13)10-6-4-3-5-7-10;7-6-4-2-1-3-5-6;2*1-2(3)4/h3-7H,1-2H3;1-5H;2*1H3,(H,3,4). The minimum absolute atomic E-state index is 0.426. The van der Waals surface area contributed by atoms with Gasteiger partial charge in [0.05, 0.1) is 0 Å². The first-order valence-corrected chi connectivity index (χ1v) is 12.1. The van der Waals surface area contributed by atoms with Crippen LogP contribution in [0.4, 0.5) is 0 Å². The molecule has 0 aliphatic rings. The van der Waals surface area contributed by atoms with Crippen LogP contribution in [0, 0.1) is 7.14 Å². The zero-order valence-corrected chi connectivity index (χ0v) is 21.2. The van der Waals surface area contributed by atoms with Crippen molar-refractivity contribution in [2.75, 3.05) is 0 Å². The number of hydrogen-bond acceptors (Lipinski definition) is 6. The summed E-state index contributed by atoms with van der Waals surface area (Å²) in [7, 11) is 0. The fraction of sp³-hybridized carbons (Fsp3) is 0.200. The molecule has 0 bridgehead atoms. The molecule has 0 aromatic heterocycles. The Kier molecular flexibility index (Phi) is 18.8. The molecule has 166 valence electrons. The van der Waals surface area contributed by atoms with Crippen molar-refractivity contribution < 1.29 is 35.5 Å². The van der Waals surface area contributed by atoms with Gasteiger partial charge in [0.1, 0.15) is 0 Å². The smallest absolute Gasteiger partial charge is 0.0130 e. The van der Waals surface area contributed by atoms with Gasteiger partial charge in [0.15, 0.2) is 0 Å². The first kappa shape index (κ1) is 30.0. The van der Waals surface area contributed by atoms with Gasteiger partial charge in [0.2, 0.25) is 0 Å². The van der Waals surface area contributed by atoms with Crippen molar-refractivity contribution in [1.82, 2.24) is 0 Å². The molecule has 0 radical (unpaired) electrons. The van der Waals surface area contributed by atoms with Crippen molar-refractivity contribution >= 4 is 67.1 Å². The van der Waals surface area contributed by atoms with E-state index in [0.717, 1.165) is 17.4 Å². The van der Waals surface area contributed by atoms with Crippen LogP contribution in [0.2, 0.25) is 0 Å². The van der Waals surface area contributed by atoms with Crippen LogP contribution in [0.1, 0.15) is 27.7 Å². The van der Waals surface area contributed by atoms with Crippen LogP contribution in [-0.4, -0.2) is 34.1 Å². The minimum Gasteiger partial charge on any atom is -0.0622 e. The maximum absolute atomic E-state index is 10.8. The van der Waals surface area contributed by atoms with E-state index in [1.54, 1.807) is 12.1 Å². The fourth-order valence-electron chi connectivity index (χ4n) is 1.23. The normalized spacial score (nSPS) is 8.90. The number of hydrogen-bond donors (Lipinski definition) is 2. The summed E-state index contributed by atoms with van der Waals surface area (Å²) in [6.07, 6.45) is 0. The Morgan fingerprint density at radius 3 is 1.23 bits per heavy atom. The molecule has 0 saturated heterocycles. The van der Waals surface area contributed by atoms with E-state index in [-0.39, 0.29) is 0 Å². The van der Waals surface area contributed by atoms with Gasteiger partial charge in [-0.15, -0.1) is 0 Å². The Balaban J connectivity index is 0. The van der Waals surface area contributed by atoms with E-state index in [9.17, 15) is 9.59 Å². The molecule has 0 aliphatic heterocycles. The van der Waals surface area contributed by atoms with Crippen molar-refractivity contribution in [2.24, 2.45) is 0 Å². The zero-order valence-electron chi connectivity index (χ0n) is 16.9. The van der Waals surface area contributed by atoms with Crippen LogP contribution in [0.3, 0.4) is 0 Å². The molecule has 2 N–H and O–H groups in total. The molecule has 10 heteroatoms. The van der Waals surface area contributed by atoms with E-state index in [1.165, 1.54) is 17.4 Å². The Morgan fingerprint density at radius 2 is 1.00 bits per heavy atom. The van der Waals surface area contributed by atoms with Crippen LogP contribution in [-0.2, 0) is 25.3 Å². The summed E-state index contributed by atoms with van der Waals surface area (Å²) in [5.74, 6) is -2.52. The van der Waals surface area contributed by atoms with Crippen LogP contribution in [0.5, 0.6) is 0 Å². The van der Waals surface area contributed by atoms with E-state index in [4.69, 9.17) is 25.9 Å². The van der Waals surface area contributed by atoms with Crippen LogP contribution in [0.25, 0.3) is 0 Å². The molecule has 8 nitrogen and oxygen atoms in total. The third-order valence-electron chi connectivity index (χ3n) is 2.00. The van der Waals surface area contributed by atoms with Crippen molar-refractivity contribution in [3.05, 3.63) is 67.8 Å². The second kappa shape index (κ2) is 18.8. The number of rotatable bonds is 3. The van der Waals surface area contributed by atoms with Gasteiger partial charge in [-0.1, -0.05) is 18.2 Å². The molecule has 0 spiro atoms. The van der Waals surface area contributed by atoms with Crippen molar-refractivity contribution in [1.29, 1.82) is 0 Å². The van der Waals surface area contributed by atoms with Gasteiger partial charge in [-0.2, -0.15) is 0 Å². The SMILES string of the molecule is CC(=O)O.CC(=O)O.CC(=O)OI(OC(C)=O)c1ccccc1.Ic1ccccc1. The monoisotopic (exact) mass is 646 g/mol. The summed E-state index contributed by atoms with van der Waals surface area (Å²) >= 11 is -0.313. The number of carboxylic acids is 2. The molecule has 0 heterocycles. The van der Waals surface area contributed by atoms with Crippen molar-refractivity contribution in [3.63, 3.8) is 0 Å². The van der Waals surface area contributed by atoms with Crippen LogP contribution in [0.15, 0.2) is 60.7 Å². The first-order valence-electron chi connectivity index (χ1n) is 8.18. The van der Waals surface area contributed by atoms with Crippen molar-refractivity contribution in [3.8, 4) is 0 Å². The van der Waals surface area contributed by atoms with Gasteiger partial charge in [-0.05, 0) is 34.7 Å².